The average Bonchev–Trinajstić information content (AvgIpc) is 2.75. The smallest absolute Gasteiger partial charge is 0.0534 e. The lowest BCUT2D eigenvalue weighted by Crippen LogP contribution is -2.28. The maximum Gasteiger partial charge on any atom is 0.0534 e. The number of allylic oxidation sites excluding steroid dienone is 1. The SMILES string of the molecule is CC=C(C)CN(Cc1cnn(CC)c1)CC(C)C. The molecule has 0 aromatic carbocycles. The van der Waals surface area contributed by atoms with Crippen molar-refractivity contribution < 1.29 is 0 Å². The Hall–Kier alpha value is -1.09. The second-order valence-electron chi connectivity index (χ2n) is 5.40. The monoisotopic (exact) mass is 249 g/mol. The Kier molecular flexibility index (Phi) is 6.13. The molecule has 1 aromatic heterocycles. The summed E-state index contributed by atoms with van der Waals surface area (Å²) in [5.74, 6) is 0.691. The molecule has 1 heterocycles. The van der Waals surface area contributed by atoms with E-state index in [4.69, 9.17) is 0 Å². The van der Waals surface area contributed by atoms with Gasteiger partial charge in [0.2, 0.25) is 0 Å². The number of hydrogen-bond acceptors (Lipinski definition) is 2. The van der Waals surface area contributed by atoms with E-state index in [2.05, 4.69) is 56.9 Å². The summed E-state index contributed by atoms with van der Waals surface area (Å²) in [6, 6.07) is 0. The maximum atomic E-state index is 4.34. The van der Waals surface area contributed by atoms with Crippen molar-refractivity contribution in [1.82, 2.24) is 14.7 Å². The minimum atomic E-state index is 0.691. The third kappa shape index (κ3) is 5.05. The van der Waals surface area contributed by atoms with Crippen molar-refractivity contribution in [2.45, 2.75) is 47.7 Å². The molecule has 1 aromatic rings. The molecule has 0 fully saturated rings. The van der Waals surface area contributed by atoms with Crippen LogP contribution in [-0.2, 0) is 13.1 Å². The summed E-state index contributed by atoms with van der Waals surface area (Å²) in [4.78, 5) is 2.50. The Balaban J connectivity index is 2.65. The Morgan fingerprint density at radius 3 is 2.72 bits per heavy atom. The van der Waals surface area contributed by atoms with E-state index in [-0.39, 0.29) is 0 Å². The van der Waals surface area contributed by atoms with Crippen molar-refractivity contribution >= 4 is 0 Å². The zero-order chi connectivity index (χ0) is 13.5. The molecule has 0 aliphatic carbocycles. The summed E-state index contributed by atoms with van der Waals surface area (Å²) >= 11 is 0. The van der Waals surface area contributed by atoms with E-state index in [0.717, 1.165) is 26.2 Å². The molecule has 0 radical (unpaired) electrons. The molecule has 18 heavy (non-hydrogen) atoms. The topological polar surface area (TPSA) is 21.1 Å². The molecular formula is C15H27N3. The largest absolute Gasteiger partial charge is 0.295 e. The molecule has 0 aliphatic rings. The fourth-order valence-corrected chi connectivity index (χ4v) is 2.06. The fourth-order valence-electron chi connectivity index (χ4n) is 2.06. The van der Waals surface area contributed by atoms with Crippen LogP contribution in [0.1, 0.15) is 40.2 Å². The molecular weight excluding hydrogens is 222 g/mol. The van der Waals surface area contributed by atoms with Gasteiger partial charge < -0.3 is 0 Å². The summed E-state index contributed by atoms with van der Waals surface area (Å²) in [6.45, 7) is 15.1. The van der Waals surface area contributed by atoms with Crippen LogP contribution in [0.25, 0.3) is 0 Å². The first-order valence-corrected chi connectivity index (χ1v) is 6.90. The van der Waals surface area contributed by atoms with Crippen LogP contribution in [-0.4, -0.2) is 27.8 Å². The average molecular weight is 249 g/mol. The van der Waals surface area contributed by atoms with E-state index < -0.39 is 0 Å². The summed E-state index contributed by atoms with van der Waals surface area (Å²) in [5.41, 5.74) is 2.74. The van der Waals surface area contributed by atoms with Crippen molar-refractivity contribution in [1.29, 1.82) is 0 Å². The molecule has 0 spiro atoms. The van der Waals surface area contributed by atoms with E-state index in [1.807, 2.05) is 10.9 Å². The van der Waals surface area contributed by atoms with E-state index in [0.29, 0.717) is 5.92 Å². The molecule has 0 unspecified atom stereocenters. The zero-order valence-corrected chi connectivity index (χ0v) is 12.5. The summed E-state index contributed by atoms with van der Waals surface area (Å²) in [6.07, 6.45) is 6.34. The van der Waals surface area contributed by atoms with Crippen molar-refractivity contribution in [2.24, 2.45) is 5.92 Å². The van der Waals surface area contributed by atoms with E-state index >= 15 is 0 Å². The van der Waals surface area contributed by atoms with Crippen LogP contribution >= 0.6 is 0 Å². The highest BCUT2D eigenvalue weighted by Crippen LogP contribution is 2.09. The summed E-state index contributed by atoms with van der Waals surface area (Å²) in [7, 11) is 0. The van der Waals surface area contributed by atoms with Crippen molar-refractivity contribution in [3.05, 3.63) is 29.6 Å². The van der Waals surface area contributed by atoms with E-state index in [9.17, 15) is 0 Å². The van der Waals surface area contributed by atoms with Crippen LogP contribution in [0.2, 0.25) is 0 Å². The van der Waals surface area contributed by atoms with Gasteiger partial charge in [-0.05, 0) is 26.7 Å². The fraction of sp³-hybridized carbons (Fsp3) is 0.667. The van der Waals surface area contributed by atoms with E-state index in [1.165, 1.54) is 11.1 Å². The molecule has 0 bridgehead atoms. The highest BCUT2D eigenvalue weighted by Gasteiger charge is 2.10. The first kappa shape index (κ1) is 15.0. The normalized spacial score (nSPS) is 12.7. The lowest BCUT2D eigenvalue weighted by Gasteiger charge is -2.24. The van der Waals surface area contributed by atoms with Gasteiger partial charge in [-0.1, -0.05) is 25.5 Å². The van der Waals surface area contributed by atoms with Crippen LogP contribution in [0.5, 0.6) is 0 Å². The predicted molar refractivity (Wildman–Crippen MR) is 77.4 cm³/mol. The number of aromatic nitrogens is 2. The summed E-state index contributed by atoms with van der Waals surface area (Å²) in [5, 5.41) is 4.34. The second-order valence-corrected chi connectivity index (χ2v) is 5.40. The number of aryl methyl sites for hydroxylation is 1. The van der Waals surface area contributed by atoms with Gasteiger partial charge in [0.25, 0.3) is 0 Å². The van der Waals surface area contributed by atoms with Crippen LogP contribution < -0.4 is 0 Å². The zero-order valence-electron chi connectivity index (χ0n) is 12.5. The van der Waals surface area contributed by atoms with Gasteiger partial charge in [-0.25, -0.2) is 0 Å². The molecule has 0 saturated carbocycles. The highest BCUT2D eigenvalue weighted by atomic mass is 15.3. The van der Waals surface area contributed by atoms with Crippen molar-refractivity contribution in [3.8, 4) is 0 Å². The van der Waals surface area contributed by atoms with Gasteiger partial charge >= 0.3 is 0 Å². The molecule has 1 rings (SSSR count). The van der Waals surface area contributed by atoms with E-state index in [1.54, 1.807) is 0 Å². The minimum Gasteiger partial charge on any atom is -0.295 e. The molecule has 0 amide bonds. The van der Waals surface area contributed by atoms with Gasteiger partial charge in [-0.3, -0.25) is 9.58 Å². The van der Waals surface area contributed by atoms with Gasteiger partial charge in [0, 0.05) is 37.9 Å². The van der Waals surface area contributed by atoms with Crippen LogP contribution in [0.4, 0.5) is 0 Å². The van der Waals surface area contributed by atoms with Crippen molar-refractivity contribution in [3.63, 3.8) is 0 Å². The lowest BCUT2D eigenvalue weighted by molar-refractivity contribution is 0.255. The lowest BCUT2D eigenvalue weighted by atomic mass is 10.1. The molecule has 102 valence electrons. The minimum absolute atomic E-state index is 0.691. The number of rotatable bonds is 7. The Labute approximate surface area is 111 Å². The number of nitrogens with zero attached hydrogens (tertiary/aromatic N) is 3. The standard InChI is InChI=1S/C15H27N3/c1-6-14(5)10-17(9-13(3)4)11-15-8-16-18(7-2)12-15/h6,8,12-13H,7,9-11H2,1-5H3. The molecule has 0 N–H and O–H groups in total. The van der Waals surface area contributed by atoms with Crippen LogP contribution in [0.3, 0.4) is 0 Å². The van der Waals surface area contributed by atoms with Gasteiger partial charge in [0.15, 0.2) is 0 Å². The Bertz CT molecular complexity index is 377. The third-order valence-corrected chi connectivity index (χ3v) is 3.01. The molecule has 0 atom stereocenters. The Morgan fingerprint density at radius 2 is 2.22 bits per heavy atom. The predicted octanol–water partition coefficient (Wildman–Crippen LogP) is 3.33. The van der Waals surface area contributed by atoms with Gasteiger partial charge in [0.1, 0.15) is 0 Å². The highest BCUT2D eigenvalue weighted by molar-refractivity contribution is 5.06. The second kappa shape index (κ2) is 7.37. The van der Waals surface area contributed by atoms with Crippen LogP contribution in [0, 0.1) is 5.92 Å². The first-order valence-electron chi connectivity index (χ1n) is 6.90. The quantitative estimate of drug-likeness (QED) is 0.691. The molecule has 0 aliphatic heterocycles. The van der Waals surface area contributed by atoms with Crippen LogP contribution in [0.15, 0.2) is 24.0 Å². The van der Waals surface area contributed by atoms with Crippen molar-refractivity contribution in [2.75, 3.05) is 13.1 Å². The third-order valence-electron chi connectivity index (χ3n) is 3.01. The van der Waals surface area contributed by atoms with Gasteiger partial charge in [0.05, 0.1) is 6.20 Å². The molecule has 3 heteroatoms. The maximum absolute atomic E-state index is 4.34. The van der Waals surface area contributed by atoms with Gasteiger partial charge in [-0.15, -0.1) is 0 Å². The van der Waals surface area contributed by atoms with Gasteiger partial charge in [-0.2, -0.15) is 5.10 Å². The molecule has 0 saturated heterocycles. The first-order chi connectivity index (χ1) is 8.55. The summed E-state index contributed by atoms with van der Waals surface area (Å²) < 4.78 is 1.99. The Morgan fingerprint density at radius 1 is 1.50 bits per heavy atom. The number of hydrogen-bond donors (Lipinski definition) is 0. The molecule has 3 nitrogen and oxygen atoms in total.